The van der Waals surface area contributed by atoms with E-state index in [1.165, 1.54) is 16.7 Å². The molecule has 0 radical (unpaired) electrons. The quantitative estimate of drug-likeness (QED) is 0.630. The predicted octanol–water partition coefficient (Wildman–Crippen LogP) is 4.45. The Balaban J connectivity index is 1.98. The van der Waals surface area contributed by atoms with Crippen molar-refractivity contribution in [2.45, 2.75) is 19.9 Å². The van der Waals surface area contributed by atoms with Crippen LogP contribution in [0.4, 0.5) is 0 Å². The Bertz CT molecular complexity index is 632. The third kappa shape index (κ3) is 4.71. The molecule has 0 aliphatic heterocycles. The second-order valence-electron chi connectivity index (χ2n) is 5.49. The van der Waals surface area contributed by atoms with Crippen LogP contribution in [0.5, 0.6) is 0 Å². The van der Waals surface area contributed by atoms with E-state index < -0.39 is 0 Å². The number of nitrogens with one attached hydrogen (secondary N) is 2. The van der Waals surface area contributed by atoms with E-state index in [2.05, 4.69) is 72.7 Å². The summed E-state index contributed by atoms with van der Waals surface area (Å²) in [6, 6.07) is 19.1. The smallest absolute Gasteiger partial charge is 0.167 e. The number of hydrogen-bond donors (Lipinski definition) is 2. The Morgan fingerprint density at radius 1 is 1.05 bits per heavy atom. The molecule has 2 N–H and O–H groups in total. The molecule has 0 heterocycles. The summed E-state index contributed by atoms with van der Waals surface area (Å²) in [6.45, 7) is 8.63. The van der Waals surface area contributed by atoms with Crippen LogP contribution < -0.4 is 10.6 Å². The van der Waals surface area contributed by atoms with Crippen LogP contribution in [0.1, 0.15) is 25.5 Å². The van der Waals surface area contributed by atoms with Gasteiger partial charge in [-0.3, -0.25) is 0 Å². The molecule has 0 saturated heterocycles. The van der Waals surface area contributed by atoms with Crippen molar-refractivity contribution in [1.29, 1.82) is 0 Å². The third-order valence-corrected chi connectivity index (χ3v) is 3.68. The number of benzene rings is 2. The standard InChI is InChI=1S/C19H22N2S/c1-14(2)13-20-19(22)21-15(3)16-9-11-18(12-10-16)17-7-5-4-6-8-17/h4-12,15H,1,13H2,2-3H3,(H2,20,21,22)/t15-/m0/s1. The van der Waals surface area contributed by atoms with Crippen LogP contribution in [0, 0.1) is 0 Å². The highest BCUT2D eigenvalue weighted by Crippen LogP contribution is 2.21. The minimum Gasteiger partial charge on any atom is -0.359 e. The van der Waals surface area contributed by atoms with Crippen LogP contribution in [0.3, 0.4) is 0 Å². The van der Waals surface area contributed by atoms with Crippen molar-refractivity contribution in [3.8, 4) is 11.1 Å². The van der Waals surface area contributed by atoms with Crippen molar-refractivity contribution < 1.29 is 0 Å². The largest absolute Gasteiger partial charge is 0.359 e. The second-order valence-corrected chi connectivity index (χ2v) is 5.90. The molecule has 0 spiro atoms. The zero-order valence-electron chi connectivity index (χ0n) is 13.1. The molecule has 0 amide bonds. The fourth-order valence-corrected chi connectivity index (χ4v) is 2.41. The van der Waals surface area contributed by atoms with Gasteiger partial charge < -0.3 is 10.6 Å². The first-order chi connectivity index (χ1) is 10.6. The van der Waals surface area contributed by atoms with Crippen molar-refractivity contribution in [3.63, 3.8) is 0 Å². The van der Waals surface area contributed by atoms with Crippen molar-refractivity contribution in [2.24, 2.45) is 0 Å². The Kier molecular flexibility index (Phi) is 5.73. The highest BCUT2D eigenvalue weighted by molar-refractivity contribution is 7.80. The normalized spacial score (nSPS) is 11.5. The molecule has 1 atom stereocenters. The molecule has 0 saturated carbocycles. The van der Waals surface area contributed by atoms with E-state index in [1.54, 1.807) is 0 Å². The zero-order valence-corrected chi connectivity index (χ0v) is 13.9. The molecule has 0 unspecified atom stereocenters. The van der Waals surface area contributed by atoms with Gasteiger partial charge in [0.2, 0.25) is 0 Å². The topological polar surface area (TPSA) is 24.1 Å². The van der Waals surface area contributed by atoms with E-state index in [0.717, 1.165) is 5.57 Å². The van der Waals surface area contributed by atoms with Gasteiger partial charge in [-0.05, 0) is 42.8 Å². The Hall–Kier alpha value is -2.13. The highest BCUT2D eigenvalue weighted by Gasteiger charge is 2.07. The molecular weight excluding hydrogens is 288 g/mol. The molecule has 0 bridgehead atoms. The number of thiocarbonyl (C=S) groups is 1. The van der Waals surface area contributed by atoms with Gasteiger partial charge >= 0.3 is 0 Å². The molecule has 3 heteroatoms. The first kappa shape index (κ1) is 16.2. The molecule has 2 nitrogen and oxygen atoms in total. The molecule has 2 aromatic rings. The van der Waals surface area contributed by atoms with Gasteiger partial charge in [0.15, 0.2) is 5.11 Å². The van der Waals surface area contributed by atoms with E-state index in [4.69, 9.17) is 12.2 Å². The average Bonchev–Trinajstić information content (AvgIpc) is 2.54. The molecule has 0 aliphatic carbocycles. The maximum atomic E-state index is 5.29. The SMILES string of the molecule is C=C(C)CNC(=S)N[C@@H](C)c1ccc(-c2ccccc2)cc1. The Morgan fingerprint density at radius 2 is 1.64 bits per heavy atom. The minimum absolute atomic E-state index is 0.162. The molecule has 2 aromatic carbocycles. The summed E-state index contributed by atoms with van der Waals surface area (Å²) in [5.41, 5.74) is 4.72. The highest BCUT2D eigenvalue weighted by atomic mass is 32.1. The Labute approximate surface area is 138 Å². The summed E-state index contributed by atoms with van der Waals surface area (Å²) >= 11 is 5.29. The van der Waals surface area contributed by atoms with E-state index >= 15 is 0 Å². The minimum atomic E-state index is 0.162. The lowest BCUT2D eigenvalue weighted by Crippen LogP contribution is -2.37. The maximum Gasteiger partial charge on any atom is 0.167 e. The summed E-state index contributed by atoms with van der Waals surface area (Å²) in [4.78, 5) is 0. The van der Waals surface area contributed by atoms with Crippen LogP contribution in [0.2, 0.25) is 0 Å². The summed E-state index contributed by atoms with van der Waals surface area (Å²) in [7, 11) is 0. The van der Waals surface area contributed by atoms with Gasteiger partial charge in [0.1, 0.15) is 0 Å². The summed E-state index contributed by atoms with van der Waals surface area (Å²) in [6.07, 6.45) is 0. The molecule has 2 rings (SSSR count). The van der Waals surface area contributed by atoms with Crippen LogP contribution in [0.25, 0.3) is 11.1 Å². The van der Waals surface area contributed by atoms with Crippen LogP contribution in [-0.2, 0) is 0 Å². The average molecular weight is 310 g/mol. The first-order valence-electron chi connectivity index (χ1n) is 7.40. The van der Waals surface area contributed by atoms with Gasteiger partial charge in [-0.2, -0.15) is 0 Å². The first-order valence-corrected chi connectivity index (χ1v) is 7.81. The van der Waals surface area contributed by atoms with Crippen molar-refractivity contribution >= 4 is 17.3 Å². The molecule has 22 heavy (non-hydrogen) atoms. The molecule has 0 aliphatic rings. The fourth-order valence-electron chi connectivity index (χ4n) is 2.16. The summed E-state index contributed by atoms with van der Waals surface area (Å²) in [5.74, 6) is 0. The van der Waals surface area contributed by atoms with Gasteiger partial charge in [-0.25, -0.2) is 0 Å². The van der Waals surface area contributed by atoms with Crippen molar-refractivity contribution in [1.82, 2.24) is 10.6 Å². The fraction of sp³-hybridized carbons (Fsp3) is 0.211. The lowest BCUT2D eigenvalue weighted by atomic mass is 10.0. The molecule has 0 fully saturated rings. The lowest BCUT2D eigenvalue weighted by molar-refractivity contribution is 0.704. The van der Waals surface area contributed by atoms with Gasteiger partial charge in [0, 0.05) is 6.54 Å². The summed E-state index contributed by atoms with van der Waals surface area (Å²) < 4.78 is 0. The predicted molar refractivity (Wildman–Crippen MR) is 98.8 cm³/mol. The maximum absolute atomic E-state index is 5.29. The van der Waals surface area contributed by atoms with E-state index in [-0.39, 0.29) is 6.04 Å². The molecule has 114 valence electrons. The zero-order chi connectivity index (χ0) is 15.9. The Morgan fingerprint density at radius 3 is 2.23 bits per heavy atom. The van der Waals surface area contributed by atoms with Crippen molar-refractivity contribution in [3.05, 3.63) is 72.3 Å². The van der Waals surface area contributed by atoms with Gasteiger partial charge in [0.25, 0.3) is 0 Å². The van der Waals surface area contributed by atoms with E-state index in [0.29, 0.717) is 11.7 Å². The van der Waals surface area contributed by atoms with Crippen LogP contribution in [-0.4, -0.2) is 11.7 Å². The lowest BCUT2D eigenvalue weighted by Gasteiger charge is -2.18. The summed E-state index contributed by atoms with van der Waals surface area (Å²) in [5, 5.41) is 7.09. The van der Waals surface area contributed by atoms with Crippen LogP contribution >= 0.6 is 12.2 Å². The van der Waals surface area contributed by atoms with Gasteiger partial charge in [-0.1, -0.05) is 66.7 Å². The van der Waals surface area contributed by atoms with E-state index in [1.807, 2.05) is 13.0 Å². The van der Waals surface area contributed by atoms with Crippen molar-refractivity contribution in [2.75, 3.05) is 6.54 Å². The molecular formula is C19H22N2S. The molecule has 0 aromatic heterocycles. The van der Waals surface area contributed by atoms with E-state index in [9.17, 15) is 0 Å². The monoisotopic (exact) mass is 310 g/mol. The number of hydrogen-bond acceptors (Lipinski definition) is 1. The third-order valence-electron chi connectivity index (χ3n) is 3.42. The van der Waals surface area contributed by atoms with Crippen LogP contribution in [0.15, 0.2) is 66.7 Å². The number of rotatable bonds is 5. The van der Waals surface area contributed by atoms with Gasteiger partial charge in [0.05, 0.1) is 6.04 Å². The van der Waals surface area contributed by atoms with Gasteiger partial charge in [-0.15, -0.1) is 0 Å². The second kappa shape index (κ2) is 7.76.